The zero-order chi connectivity index (χ0) is 21.1. The van der Waals surface area contributed by atoms with Gasteiger partial charge < -0.3 is 14.2 Å². The van der Waals surface area contributed by atoms with E-state index < -0.39 is 5.97 Å². The number of esters is 1. The molecule has 0 unspecified atom stereocenters. The van der Waals surface area contributed by atoms with Crippen LogP contribution in [0.15, 0.2) is 53.6 Å². The number of hydrogen-bond donors (Lipinski definition) is 0. The smallest absolute Gasteiger partial charge is 0.344 e. The molecule has 0 saturated carbocycles. The van der Waals surface area contributed by atoms with E-state index in [4.69, 9.17) is 14.2 Å². The van der Waals surface area contributed by atoms with Gasteiger partial charge in [0.15, 0.2) is 24.7 Å². The predicted molar refractivity (Wildman–Crippen MR) is 111 cm³/mol. The summed E-state index contributed by atoms with van der Waals surface area (Å²) in [5.74, 6) is 0.175. The molecule has 0 spiro atoms. The molecule has 0 atom stereocenters. The van der Waals surface area contributed by atoms with E-state index in [-0.39, 0.29) is 24.7 Å². The van der Waals surface area contributed by atoms with Crippen LogP contribution in [0.5, 0.6) is 11.5 Å². The van der Waals surface area contributed by atoms with E-state index in [1.165, 1.54) is 5.01 Å². The van der Waals surface area contributed by atoms with Gasteiger partial charge in [0.25, 0.3) is 5.91 Å². The van der Waals surface area contributed by atoms with Crippen LogP contribution in [0.1, 0.15) is 31.4 Å². The van der Waals surface area contributed by atoms with Crippen LogP contribution in [0, 0.1) is 0 Å². The summed E-state index contributed by atoms with van der Waals surface area (Å²) in [6.45, 7) is 3.80. The molecule has 30 heavy (non-hydrogen) atoms. The lowest BCUT2D eigenvalue weighted by Crippen LogP contribution is -2.30. The Morgan fingerprint density at radius 1 is 1.10 bits per heavy atom. The van der Waals surface area contributed by atoms with Crippen LogP contribution >= 0.6 is 0 Å². The summed E-state index contributed by atoms with van der Waals surface area (Å²) in [5.41, 5.74) is 2.57. The minimum absolute atomic E-state index is 0.300. The molecule has 2 aliphatic rings. The van der Waals surface area contributed by atoms with Gasteiger partial charge in [0.1, 0.15) is 5.60 Å². The number of hydrazone groups is 1. The first-order valence-electron chi connectivity index (χ1n) is 9.94. The molecule has 0 bridgehead atoms. The van der Waals surface area contributed by atoms with Crippen molar-refractivity contribution < 1.29 is 23.8 Å². The number of hydrogen-bond acceptors (Lipinski definition) is 6. The summed E-state index contributed by atoms with van der Waals surface area (Å²) in [6, 6.07) is 15.3. The molecule has 4 rings (SSSR count). The van der Waals surface area contributed by atoms with Crippen LogP contribution in [-0.4, -0.2) is 48.0 Å². The molecule has 7 heteroatoms. The largest absolute Gasteiger partial charge is 0.483 e. The summed E-state index contributed by atoms with van der Waals surface area (Å²) >= 11 is 0. The third-order valence-corrected chi connectivity index (χ3v) is 4.95. The van der Waals surface area contributed by atoms with Gasteiger partial charge in [-0.05, 0) is 25.5 Å². The van der Waals surface area contributed by atoms with Crippen LogP contribution in [0.3, 0.4) is 0 Å². The van der Waals surface area contributed by atoms with Crippen molar-refractivity contribution in [3.63, 3.8) is 0 Å². The average Bonchev–Trinajstić information content (AvgIpc) is 3.34. The monoisotopic (exact) mass is 408 g/mol. The zero-order valence-electron chi connectivity index (χ0n) is 17.1. The molecular formula is C23H24N2O5. The Kier molecular flexibility index (Phi) is 5.44. The van der Waals surface area contributed by atoms with Crippen LogP contribution in [0.25, 0.3) is 0 Å². The first-order valence-corrected chi connectivity index (χ1v) is 9.94. The molecule has 2 aliphatic heterocycles. The fourth-order valence-electron chi connectivity index (χ4n) is 3.57. The maximum Gasteiger partial charge on any atom is 0.344 e. The van der Waals surface area contributed by atoms with Gasteiger partial charge in [0.05, 0.1) is 12.3 Å². The highest BCUT2D eigenvalue weighted by atomic mass is 16.6. The zero-order valence-corrected chi connectivity index (χ0v) is 17.1. The molecule has 0 aromatic heterocycles. The molecule has 2 aromatic carbocycles. The van der Waals surface area contributed by atoms with E-state index in [0.717, 1.165) is 23.3 Å². The van der Waals surface area contributed by atoms with Gasteiger partial charge in [-0.15, -0.1) is 0 Å². The number of para-hydroxylation sites is 1. The molecule has 0 radical (unpaired) electrons. The van der Waals surface area contributed by atoms with Gasteiger partial charge in [0.2, 0.25) is 0 Å². The Hall–Kier alpha value is -3.35. The normalized spacial score (nSPS) is 16.5. The second kappa shape index (κ2) is 8.18. The number of rotatable bonds is 6. The molecule has 1 amide bonds. The third kappa shape index (κ3) is 4.45. The third-order valence-electron chi connectivity index (χ3n) is 4.95. The number of nitrogens with zero attached hydrogens (tertiary/aromatic N) is 2. The van der Waals surface area contributed by atoms with Gasteiger partial charge >= 0.3 is 5.97 Å². The number of fused-ring (bicyclic) bond motifs is 1. The Morgan fingerprint density at radius 3 is 2.70 bits per heavy atom. The summed E-state index contributed by atoms with van der Waals surface area (Å²) in [6.07, 6.45) is 1.45. The second-order valence-corrected chi connectivity index (χ2v) is 7.91. The van der Waals surface area contributed by atoms with E-state index in [0.29, 0.717) is 24.5 Å². The standard InChI is InChI=1S/C23H24N2O5/c1-23(2)13-17-9-6-10-19(22(17)30-23)28-15-21(27)29-14-20(26)25-12-11-18(24-25)16-7-4-3-5-8-16/h3-10H,11-15H2,1-2H3. The topological polar surface area (TPSA) is 77.4 Å². The first kappa shape index (κ1) is 19.9. The molecular weight excluding hydrogens is 384 g/mol. The van der Waals surface area contributed by atoms with Crippen molar-refractivity contribution in [2.24, 2.45) is 5.10 Å². The minimum atomic E-state index is -0.621. The van der Waals surface area contributed by atoms with E-state index in [9.17, 15) is 9.59 Å². The molecule has 2 heterocycles. The van der Waals surface area contributed by atoms with Crippen LogP contribution < -0.4 is 9.47 Å². The fraction of sp³-hybridized carbons (Fsp3) is 0.348. The molecule has 0 N–H and O–H groups in total. The van der Waals surface area contributed by atoms with Crippen molar-refractivity contribution in [1.82, 2.24) is 5.01 Å². The Balaban J connectivity index is 1.27. The highest BCUT2D eigenvalue weighted by molar-refractivity contribution is 6.02. The van der Waals surface area contributed by atoms with Gasteiger partial charge in [-0.25, -0.2) is 9.80 Å². The van der Waals surface area contributed by atoms with Gasteiger partial charge in [-0.3, -0.25) is 4.79 Å². The molecule has 2 aromatic rings. The van der Waals surface area contributed by atoms with Crippen molar-refractivity contribution in [3.05, 3.63) is 59.7 Å². The van der Waals surface area contributed by atoms with Gasteiger partial charge in [0, 0.05) is 18.4 Å². The lowest BCUT2D eigenvalue weighted by molar-refractivity contribution is -0.153. The number of carbonyl (C=O) groups is 2. The van der Waals surface area contributed by atoms with Crippen molar-refractivity contribution in [1.29, 1.82) is 0 Å². The van der Waals surface area contributed by atoms with Crippen molar-refractivity contribution in [2.75, 3.05) is 19.8 Å². The van der Waals surface area contributed by atoms with Crippen molar-refractivity contribution in [2.45, 2.75) is 32.3 Å². The van der Waals surface area contributed by atoms with Crippen molar-refractivity contribution in [3.8, 4) is 11.5 Å². The highest BCUT2D eigenvalue weighted by Crippen LogP contribution is 2.41. The molecule has 7 nitrogen and oxygen atoms in total. The Morgan fingerprint density at radius 2 is 1.90 bits per heavy atom. The Bertz CT molecular complexity index is 984. The summed E-state index contributed by atoms with van der Waals surface area (Å²) < 4.78 is 16.6. The number of amides is 1. The molecule has 0 saturated heterocycles. The number of carbonyl (C=O) groups excluding carboxylic acids is 2. The average molecular weight is 408 g/mol. The van der Waals surface area contributed by atoms with Gasteiger partial charge in [-0.1, -0.05) is 42.5 Å². The summed E-state index contributed by atoms with van der Waals surface area (Å²) in [4.78, 5) is 24.4. The number of benzene rings is 2. The lowest BCUT2D eigenvalue weighted by atomic mass is 10.0. The maximum absolute atomic E-state index is 12.3. The van der Waals surface area contributed by atoms with E-state index in [1.54, 1.807) is 6.07 Å². The summed E-state index contributed by atoms with van der Waals surface area (Å²) in [7, 11) is 0. The van der Waals surface area contributed by atoms with Crippen LogP contribution in [-0.2, 0) is 20.7 Å². The second-order valence-electron chi connectivity index (χ2n) is 7.91. The van der Waals surface area contributed by atoms with E-state index in [2.05, 4.69) is 5.10 Å². The van der Waals surface area contributed by atoms with Crippen molar-refractivity contribution >= 4 is 17.6 Å². The molecule has 156 valence electrons. The van der Waals surface area contributed by atoms with Crippen LogP contribution in [0.2, 0.25) is 0 Å². The number of ether oxygens (including phenoxy) is 3. The SMILES string of the molecule is CC1(C)Cc2cccc(OCC(=O)OCC(=O)N3CCC(c4ccccc4)=N3)c2O1. The lowest BCUT2D eigenvalue weighted by Gasteiger charge is -2.18. The minimum Gasteiger partial charge on any atom is -0.483 e. The quantitative estimate of drug-likeness (QED) is 0.687. The first-order chi connectivity index (χ1) is 14.4. The Labute approximate surface area is 175 Å². The van der Waals surface area contributed by atoms with E-state index in [1.807, 2.05) is 56.3 Å². The molecule has 0 aliphatic carbocycles. The summed E-state index contributed by atoms with van der Waals surface area (Å²) in [5, 5.41) is 5.69. The fourth-order valence-corrected chi connectivity index (χ4v) is 3.57. The van der Waals surface area contributed by atoms with Crippen LogP contribution in [0.4, 0.5) is 0 Å². The highest BCUT2D eigenvalue weighted by Gasteiger charge is 2.32. The maximum atomic E-state index is 12.3. The molecule has 0 fully saturated rings. The van der Waals surface area contributed by atoms with Gasteiger partial charge in [-0.2, -0.15) is 5.10 Å². The predicted octanol–water partition coefficient (Wildman–Crippen LogP) is 2.96. The van der Waals surface area contributed by atoms with E-state index >= 15 is 0 Å².